The molecule has 0 saturated carbocycles. The topological polar surface area (TPSA) is 107 Å². The molecule has 2 rings (SSSR count). The number of sulfonamides is 1. The molecule has 3 N–H and O–H groups in total. The van der Waals surface area contributed by atoms with Crippen molar-refractivity contribution in [2.24, 2.45) is 12.2 Å². The second-order valence-electron chi connectivity index (χ2n) is 4.62. The number of hydrogen-bond acceptors (Lipinski definition) is 5. The van der Waals surface area contributed by atoms with Crippen molar-refractivity contribution in [1.82, 2.24) is 15.1 Å². The average Bonchev–Trinajstić information content (AvgIpc) is 2.93. The van der Waals surface area contributed by atoms with Crippen LogP contribution >= 0.6 is 11.3 Å². The smallest absolute Gasteiger partial charge is 0.247 e. The summed E-state index contributed by atoms with van der Waals surface area (Å²) in [6, 6.07) is 4.90. The molecule has 2 aromatic heterocycles. The van der Waals surface area contributed by atoms with E-state index in [0.29, 0.717) is 11.4 Å². The van der Waals surface area contributed by atoms with Crippen LogP contribution in [0.1, 0.15) is 16.3 Å². The maximum Gasteiger partial charge on any atom is 0.247 e. The summed E-state index contributed by atoms with van der Waals surface area (Å²) < 4.78 is 24.1. The molecule has 9 heteroatoms. The van der Waals surface area contributed by atoms with Crippen molar-refractivity contribution in [3.63, 3.8) is 0 Å². The first-order valence-electron chi connectivity index (χ1n) is 6.13. The van der Waals surface area contributed by atoms with E-state index in [2.05, 4.69) is 10.4 Å². The maximum atomic E-state index is 11.8. The van der Waals surface area contributed by atoms with Crippen LogP contribution in [0.25, 0.3) is 0 Å². The fraction of sp³-hybridized carbons (Fsp3) is 0.333. The molecule has 0 atom stereocenters. The highest BCUT2D eigenvalue weighted by Crippen LogP contribution is 2.20. The Kier molecular flexibility index (Phi) is 4.45. The van der Waals surface area contributed by atoms with E-state index in [1.807, 2.05) is 20.0 Å². The van der Waals surface area contributed by atoms with Crippen LogP contribution in [-0.2, 0) is 34.8 Å². The van der Waals surface area contributed by atoms with Crippen molar-refractivity contribution in [1.29, 1.82) is 0 Å². The lowest BCUT2D eigenvalue weighted by atomic mass is 10.3. The Morgan fingerprint density at radius 2 is 2.19 bits per heavy atom. The van der Waals surface area contributed by atoms with Crippen LogP contribution < -0.4 is 10.5 Å². The van der Waals surface area contributed by atoms with Crippen molar-refractivity contribution in [3.05, 3.63) is 34.5 Å². The van der Waals surface area contributed by atoms with E-state index < -0.39 is 10.0 Å². The summed E-state index contributed by atoms with van der Waals surface area (Å²) in [5.41, 5.74) is 1.79. The standard InChI is InChI=1S/C12H16N4O3S2/c1-8-5-9(16(2)15-8)7-14-11(17)6-10-3-4-12(20-10)21(13,18)19/h3-5H,6-7H2,1-2H3,(H,14,17)(H2,13,18,19). The molecule has 0 aliphatic heterocycles. The van der Waals surface area contributed by atoms with Gasteiger partial charge >= 0.3 is 0 Å². The molecule has 114 valence electrons. The van der Waals surface area contributed by atoms with Crippen LogP contribution in [-0.4, -0.2) is 24.1 Å². The summed E-state index contributed by atoms with van der Waals surface area (Å²) in [4.78, 5) is 12.5. The number of carbonyl (C=O) groups is 1. The Morgan fingerprint density at radius 1 is 1.48 bits per heavy atom. The molecule has 0 bridgehead atoms. The van der Waals surface area contributed by atoms with E-state index in [1.54, 1.807) is 10.7 Å². The van der Waals surface area contributed by atoms with Gasteiger partial charge in [-0.1, -0.05) is 0 Å². The highest BCUT2D eigenvalue weighted by Gasteiger charge is 2.13. The molecule has 0 aliphatic carbocycles. The number of hydrogen-bond donors (Lipinski definition) is 2. The Morgan fingerprint density at radius 3 is 2.71 bits per heavy atom. The highest BCUT2D eigenvalue weighted by molar-refractivity contribution is 7.91. The van der Waals surface area contributed by atoms with Gasteiger partial charge in [0.1, 0.15) is 4.21 Å². The number of nitrogens with one attached hydrogen (secondary N) is 1. The molecule has 0 aromatic carbocycles. The van der Waals surface area contributed by atoms with E-state index in [0.717, 1.165) is 22.7 Å². The third kappa shape index (κ3) is 4.13. The minimum absolute atomic E-state index is 0.0626. The Hall–Kier alpha value is -1.71. The molecule has 1 amide bonds. The molecule has 0 unspecified atom stereocenters. The quantitative estimate of drug-likeness (QED) is 0.823. The summed E-state index contributed by atoms with van der Waals surface area (Å²) in [6.07, 6.45) is 0.122. The minimum Gasteiger partial charge on any atom is -0.350 e. The zero-order valence-electron chi connectivity index (χ0n) is 11.7. The maximum absolute atomic E-state index is 11.8. The number of amides is 1. The molecule has 7 nitrogen and oxygen atoms in total. The van der Waals surface area contributed by atoms with Gasteiger partial charge in [0, 0.05) is 11.9 Å². The lowest BCUT2D eigenvalue weighted by Crippen LogP contribution is -2.25. The molecule has 21 heavy (non-hydrogen) atoms. The Labute approximate surface area is 126 Å². The Balaban J connectivity index is 1.93. The lowest BCUT2D eigenvalue weighted by molar-refractivity contribution is -0.120. The van der Waals surface area contributed by atoms with Crippen LogP contribution in [0.5, 0.6) is 0 Å². The lowest BCUT2D eigenvalue weighted by Gasteiger charge is -2.04. The van der Waals surface area contributed by atoms with Crippen molar-refractivity contribution < 1.29 is 13.2 Å². The fourth-order valence-corrected chi connectivity index (χ4v) is 3.62. The first kappa shape index (κ1) is 15.7. The van der Waals surface area contributed by atoms with Gasteiger partial charge in [-0.25, -0.2) is 13.6 Å². The first-order chi connectivity index (χ1) is 9.75. The number of primary sulfonamides is 1. The molecule has 0 aliphatic rings. The number of aryl methyl sites for hydroxylation is 2. The highest BCUT2D eigenvalue weighted by atomic mass is 32.2. The summed E-state index contributed by atoms with van der Waals surface area (Å²) >= 11 is 1.01. The van der Waals surface area contributed by atoms with Crippen LogP contribution in [0.3, 0.4) is 0 Å². The van der Waals surface area contributed by atoms with E-state index in [-0.39, 0.29) is 16.5 Å². The second kappa shape index (κ2) is 5.96. The summed E-state index contributed by atoms with van der Waals surface area (Å²) in [7, 11) is -1.89. The van der Waals surface area contributed by atoms with Gasteiger partial charge in [-0.3, -0.25) is 9.48 Å². The van der Waals surface area contributed by atoms with Crippen molar-refractivity contribution >= 4 is 27.3 Å². The molecular weight excluding hydrogens is 312 g/mol. The van der Waals surface area contributed by atoms with Gasteiger partial charge in [0.25, 0.3) is 0 Å². The molecule has 0 spiro atoms. The Bertz CT molecular complexity index is 761. The molecule has 2 heterocycles. The van der Waals surface area contributed by atoms with Gasteiger partial charge in [-0.15, -0.1) is 11.3 Å². The van der Waals surface area contributed by atoms with Crippen LogP contribution in [0.4, 0.5) is 0 Å². The zero-order valence-corrected chi connectivity index (χ0v) is 13.3. The molecule has 2 aromatic rings. The monoisotopic (exact) mass is 328 g/mol. The van der Waals surface area contributed by atoms with Crippen LogP contribution in [0.2, 0.25) is 0 Å². The zero-order chi connectivity index (χ0) is 15.6. The number of nitrogens with two attached hydrogens (primary N) is 1. The number of rotatable bonds is 5. The molecular formula is C12H16N4O3S2. The van der Waals surface area contributed by atoms with Crippen molar-refractivity contribution in [3.8, 4) is 0 Å². The predicted octanol–water partition coefficient (Wildman–Crippen LogP) is 0.296. The van der Waals surface area contributed by atoms with Gasteiger partial charge < -0.3 is 5.32 Å². The molecule has 0 radical (unpaired) electrons. The normalized spacial score (nSPS) is 11.6. The molecule has 0 fully saturated rings. The van der Waals surface area contributed by atoms with Gasteiger partial charge in [0.05, 0.1) is 24.4 Å². The number of thiophene rings is 1. The van der Waals surface area contributed by atoms with Crippen molar-refractivity contribution in [2.45, 2.75) is 24.1 Å². The number of nitrogens with zero attached hydrogens (tertiary/aromatic N) is 2. The first-order valence-corrected chi connectivity index (χ1v) is 8.50. The SMILES string of the molecule is Cc1cc(CNC(=O)Cc2ccc(S(N)(=O)=O)s2)n(C)n1. The van der Waals surface area contributed by atoms with E-state index in [9.17, 15) is 13.2 Å². The minimum atomic E-state index is -3.70. The van der Waals surface area contributed by atoms with E-state index >= 15 is 0 Å². The van der Waals surface area contributed by atoms with Gasteiger partial charge in [-0.2, -0.15) is 5.10 Å². The third-order valence-corrected chi connectivity index (χ3v) is 5.34. The number of carbonyl (C=O) groups excluding carboxylic acids is 1. The van der Waals surface area contributed by atoms with Gasteiger partial charge in [0.15, 0.2) is 0 Å². The second-order valence-corrected chi connectivity index (χ2v) is 7.58. The summed E-state index contributed by atoms with van der Waals surface area (Å²) in [5, 5.41) is 12.0. The summed E-state index contributed by atoms with van der Waals surface area (Å²) in [6.45, 7) is 2.26. The third-order valence-electron chi connectivity index (χ3n) is 2.82. The number of aromatic nitrogens is 2. The van der Waals surface area contributed by atoms with Crippen LogP contribution in [0.15, 0.2) is 22.4 Å². The summed E-state index contributed by atoms with van der Waals surface area (Å²) in [5.74, 6) is -0.184. The predicted molar refractivity (Wildman–Crippen MR) is 79.2 cm³/mol. The van der Waals surface area contributed by atoms with Gasteiger partial charge in [-0.05, 0) is 25.1 Å². The largest absolute Gasteiger partial charge is 0.350 e. The van der Waals surface area contributed by atoms with Gasteiger partial charge in [0.2, 0.25) is 15.9 Å². The van der Waals surface area contributed by atoms with Crippen LogP contribution in [0, 0.1) is 6.92 Å². The fourth-order valence-electron chi connectivity index (χ4n) is 1.85. The van der Waals surface area contributed by atoms with E-state index in [1.165, 1.54) is 6.07 Å². The average molecular weight is 328 g/mol. The molecule has 0 saturated heterocycles. The van der Waals surface area contributed by atoms with E-state index in [4.69, 9.17) is 5.14 Å². The van der Waals surface area contributed by atoms with Crippen molar-refractivity contribution in [2.75, 3.05) is 0 Å².